The van der Waals surface area contributed by atoms with Gasteiger partial charge in [-0.05, 0) is 31.3 Å². The fourth-order valence-corrected chi connectivity index (χ4v) is 3.46. The van der Waals surface area contributed by atoms with Crippen LogP contribution in [0.1, 0.15) is 32.1 Å². The van der Waals surface area contributed by atoms with Crippen LogP contribution in [-0.2, 0) is 9.53 Å². The number of ether oxygens (including phenoxy) is 1. The quantitative estimate of drug-likeness (QED) is 0.269. The molecule has 3 fully saturated rings. The molecule has 2 bridgehead atoms. The van der Waals surface area contributed by atoms with Crippen molar-refractivity contribution >= 4 is 5.97 Å². The van der Waals surface area contributed by atoms with E-state index in [9.17, 15) is 4.79 Å². The maximum absolute atomic E-state index is 11.5. The molecule has 0 unspecified atom stereocenters. The van der Waals surface area contributed by atoms with E-state index in [-0.39, 0.29) is 12.4 Å². The van der Waals surface area contributed by atoms with Gasteiger partial charge in [-0.15, -0.1) is 0 Å². The number of nitrogens with zero attached hydrogens (tertiary/aromatic N) is 2. The van der Waals surface area contributed by atoms with Crippen molar-refractivity contribution in [3.8, 4) is 0 Å². The molecule has 4 heteroatoms. The number of piperazine rings is 3. The first-order chi connectivity index (χ1) is 10.6. The van der Waals surface area contributed by atoms with Crippen LogP contribution in [0.3, 0.4) is 0 Å². The van der Waals surface area contributed by atoms with E-state index in [1.807, 2.05) is 0 Å². The third-order valence-corrected chi connectivity index (χ3v) is 5.12. The predicted octanol–water partition coefficient (Wildman–Crippen LogP) is 2.37. The summed E-state index contributed by atoms with van der Waals surface area (Å²) in [5.41, 5.74) is 0.723. The SMILES string of the molecule is C=CC(=C)CC(=O)OCCCCCC[N+]12CCN(CC1)CC2. The monoisotopic (exact) mass is 307 g/mol. The molecule has 3 saturated heterocycles. The average molecular weight is 307 g/mol. The van der Waals surface area contributed by atoms with Crippen molar-refractivity contribution in [3.05, 3.63) is 24.8 Å². The number of unbranched alkanes of at least 4 members (excludes halogenated alkanes) is 3. The lowest BCUT2D eigenvalue weighted by Crippen LogP contribution is -2.67. The third-order valence-electron chi connectivity index (χ3n) is 5.12. The van der Waals surface area contributed by atoms with E-state index in [0.29, 0.717) is 6.61 Å². The molecule has 0 radical (unpaired) electrons. The lowest BCUT2D eigenvalue weighted by molar-refractivity contribution is -0.941. The van der Waals surface area contributed by atoms with Crippen LogP contribution in [0.25, 0.3) is 0 Å². The highest BCUT2D eigenvalue weighted by atomic mass is 16.5. The smallest absolute Gasteiger partial charge is 0.310 e. The van der Waals surface area contributed by atoms with Crippen molar-refractivity contribution in [3.63, 3.8) is 0 Å². The molecule has 0 N–H and O–H groups in total. The molecule has 3 heterocycles. The van der Waals surface area contributed by atoms with Crippen LogP contribution < -0.4 is 0 Å². The van der Waals surface area contributed by atoms with Gasteiger partial charge in [-0.3, -0.25) is 9.69 Å². The van der Waals surface area contributed by atoms with E-state index in [0.717, 1.165) is 18.4 Å². The molecule has 3 aliphatic heterocycles. The molecule has 0 aromatic rings. The Balaban J connectivity index is 1.47. The zero-order chi connectivity index (χ0) is 15.8. The zero-order valence-corrected chi connectivity index (χ0v) is 13.9. The number of hydrogen-bond acceptors (Lipinski definition) is 3. The molecule has 0 spiro atoms. The Bertz CT molecular complexity index is 384. The van der Waals surface area contributed by atoms with Gasteiger partial charge in [0.2, 0.25) is 0 Å². The number of allylic oxidation sites excluding steroid dienone is 1. The summed E-state index contributed by atoms with van der Waals surface area (Å²) in [6, 6.07) is 0. The van der Waals surface area contributed by atoms with Crippen LogP contribution in [0.4, 0.5) is 0 Å². The predicted molar refractivity (Wildman–Crippen MR) is 89.5 cm³/mol. The van der Waals surface area contributed by atoms with Gasteiger partial charge in [0.1, 0.15) is 0 Å². The minimum absolute atomic E-state index is 0.186. The molecule has 22 heavy (non-hydrogen) atoms. The highest BCUT2D eigenvalue weighted by Gasteiger charge is 2.37. The maximum Gasteiger partial charge on any atom is 0.310 e. The number of carbonyl (C=O) groups excluding carboxylic acids is 1. The van der Waals surface area contributed by atoms with Crippen LogP contribution >= 0.6 is 0 Å². The molecule has 0 aromatic carbocycles. The Hall–Kier alpha value is -1.13. The van der Waals surface area contributed by atoms with Gasteiger partial charge >= 0.3 is 5.97 Å². The first kappa shape index (κ1) is 17.2. The van der Waals surface area contributed by atoms with Crippen LogP contribution in [0, 0.1) is 0 Å². The minimum atomic E-state index is -0.186. The van der Waals surface area contributed by atoms with Gasteiger partial charge in [0, 0.05) is 19.6 Å². The van der Waals surface area contributed by atoms with E-state index in [1.165, 1.54) is 63.1 Å². The Labute approximate surface area is 135 Å². The highest BCUT2D eigenvalue weighted by Crippen LogP contribution is 2.20. The summed E-state index contributed by atoms with van der Waals surface area (Å²) >= 11 is 0. The molecule has 3 rings (SSSR count). The summed E-state index contributed by atoms with van der Waals surface area (Å²) in [6.07, 6.45) is 6.55. The van der Waals surface area contributed by atoms with Crippen LogP contribution in [0.15, 0.2) is 24.8 Å². The summed E-state index contributed by atoms with van der Waals surface area (Å²) in [4.78, 5) is 14.0. The highest BCUT2D eigenvalue weighted by molar-refractivity contribution is 5.72. The Morgan fingerprint density at radius 1 is 1.09 bits per heavy atom. The normalized spacial score (nSPS) is 26.6. The lowest BCUT2D eigenvalue weighted by atomic mass is 10.1. The number of rotatable bonds is 10. The largest absolute Gasteiger partial charge is 0.465 e. The average Bonchev–Trinajstić information content (AvgIpc) is 2.55. The van der Waals surface area contributed by atoms with Crippen molar-refractivity contribution in [2.75, 3.05) is 52.4 Å². The molecule has 0 aromatic heterocycles. The summed E-state index contributed by atoms with van der Waals surface area (Å²) < 4.78 is 6.56. The van der Waals surface area contributed by atoms with Gasteiger partial charge in [0.25, 0.3) is 0 Å². The van der Waals surface area contributed by atoms with Gasteiger partial charge in [-0.25, -0.2) is 0 Å². The lowest BCUT2D eigenvalue weighted by Gasteiger charge is -2.50. The van der Waals surface area contributed by atoms with Crippen LogP contribution in [-0.4, -0.2) is 67.8 Å². The molecular formula is C18H31N2O2+. The fourth-order valence-electron chi connectivity index (χ4n) is 3.46. The summed E-state index contributed by atoms with van der Waals surface area (Å²) in [5, 5.41) is 0. The summed E-state index contributed by atoms with van der Waals surface area (Å²) in [7, 11) is 0. The second kappa shape index (κ2) is 8.49. The zero-order valence-electron chi connectivity index (χ0n) is 13.9. The topological polar surface area (TPSA) is 29.5 Å². The van der Waals surface area contributed by atoms with E-state index >= 15 is 0 Å². The van der Waals surface area contributed by atoms with E-state index in [4.69, 9.17) is 4.74 Å². The van der Waals surface area contributed by atoms with Crippen molar-refractivity contribution in [1.29, 1.82) is 0 Å². The first-order valence-electron chi connectivity index (χ1n) is 8.67. The van der Waals surface area contributed by atoms with Gasteiger partial charge in [-0.2, -0.15) is 0 Å². The second-order valence-electron chi connectivity index (χ2n) is 6.75. The van der Waals surface area contributed by atoms with Crippen LogP contribution in [0.5, 0.6) is 0 Å². The maximum atomic E-state index is 11.5. The van der Waals surface area contributed by atoms with Gasteiger partial charge in [0.15, 0.2) is 0 Å². The fraction of sp³-hybridized carbons (Fsp3) is 0.722. The summed E-state index contributed by atoms with van der Waals surface area (Å²) in [5.74, 6) is -0.186. The minimum Gasteiger partial charge on any atom is -0.465 e. The second-order valence-corrected chi connectivity index (χ2v) is 6.75. The Kier molecular flexibility index (Phi) is 6.65. The Morgan fingerprint density at radius 2 is 1.73 bits per heavy atom. The van der Waals surface area contributed by atoms with E-state index in [1.54, 1.807) is 6.08 Å². The molecule has 3 aliphatic rings. The van der Waals surface area contributed by atoms with Gasteiger partial charge < -0.3 is 9.22 Å². The number of quaternary nitrogens is 1. The van der Waals surface area contributed by atoms with Gasteiger partial charge in [0.05, 0.1) is 39.2 Å². The standard InChI is InChI=1S/C18H31N2O2/c1-3-17(2)16-18(21)22-15-7-5-4-6-11-20-12-8-19(9-13-20)10-14-20/h3H,1-2,4-16H2/q+1. The van der Waals surface area contributed by atoms with Crippen molar-refractivity contribution in [1.82, 2.24) is 4.90 Å². The van der Waals surface area contributed by atoms with Crippen molar-refractivity contribution in [2.45, 2.75) is 32.1 Å². The third kappa shape index (κ3) is 5.25. The van der Waals surface area contributed by atoms with Crippen LogP contribution in [0.2, 0.25) is 0 Å². The number of hydrogen-bond donors (Lipinski definition) is 0. The molecular weight excluding hydrogens is 276 g/mol. The van der Waals surface area contributed by atoms with Crippen molar-refractivity contribution in [2.24, 2.45) is 0 Å². The molecule has 0 atom stereocenters. The van der Waals surface area contributed by atoms with E-state index < -0.39 is 0 Å². The number of fused-ring (bicyclic) bond motifs is 3. The van der Waals surface area contributed by atoms with E-state index in [2.05, 4.69) is 18.1 Å². The number of esters is 1. The van der Waals surface area contributed by atoms with Crippen molar-refractivity contribution < 1.29 is 14.0 Å². The molecule has 0 saturated carbocycles. The first-order valence-corrected chi connectivity index (χ1v) is 8.67. The molecule has 4 nitrogen and oxygen atoms in total. The molecule has 0 amide bonds. The Morgan fingerprint density at radius 3 is 2.36 bits per heavy atom. The van der Waals surface area contributed by atoms with Gasteiger partial charge in [-0.1, -0.05) is 19.2 Å². The molecule has 124 valence electrons. The summed E-state index contributed by atoms with van der Waals surface area (Å²) in [6.45, 7) is 17.1. The molecule has 0 aliphatic carbocycles. The number of carbonyl (C=O) groups is 1.